The molecule has 0 fully saturated rings. The van der Waals surface area contributed by atoms with Gasteiger partial charge in [0.2, 0.25) is 5.95 Å². The first-order chi connectivity index (χ1) is 12.8. The Bertz CT molecular complexity index is 819. The van der Waals surface area contributed by atoms with Crippen molar-refractivity contribution in [1.82, 2.24) is 14.5 Å². The number of hydrogen-bond donors (Lipinski definition) is 1. The van der Waals surface area contributed by atoms with Crippen LogP contribution in [0.2, 0.25) is 0 Å². The number of nitrogens with one attached hydrogen (secondary N) is 1. The molecule has 1 aromatic carbocycles. The third kappa shape index (κ3) is 5.89. The Kier molecular flexibility index (Phi) is 8.05. The Balaban J connectivity index is 2.18. The summed E-state index contributed by atoms with van der Waals surface area (Å²) < 4.78 is 7.81. The fourth-order valence-electron chi connectivity index (χ4n) is 3.05. The van der Waals surface area contributed by atoms with Crippen molar-refractivity contribution in [2.24, 2.45) is 7.05 Å². The number of halogens is 1. The smallest absolute Gasteiger partial charge is 0.262 e. The van der Waals surface area contributed by atoms with Gasteiger partial charge in [-0.25, -0.2) is 4.98 Å². The zero-order chi connectivity index (χ0) is 20.0. The van der Waals surface area contributed by atoms with E-state index in [4.69, 9.17) is 9.72 Å². The molecule has 0 aliphatic rings. The van der Waals surface area contributed by atoms with Gasteiger partial charge in [-0.2, -0.15) is 0 Å². The number of anilines is 1. The predicted molar refractivity (Wildman–Crippen MR) is 121 cm³/mol. The van der Waals surface area contributed by atoms with Gasteiger partial charge in [0.1, 0.15) is 0 Å². The second-order valence-electron chi connectivity index (χ2n) is 7.53. The number of ether oxygens (including phenoxy) is 1. The summed E-state index contributed by atoms with van der Waals surface area (Å²) in [5.41, 5.74) is 0.543. The maximum Gasteiger partial charge on any atom is 0.262 e. The van der Waals surface area contributed by atoms with Crippen LogP contribution in [-0.4, -0.2) is 53.3 Å². The quantitative estimate of drug-likeness (QED) is 0.522. The minimum Gasteiger partial charge on any atom is -0.383 e. The second kappa shape index (κ2) is 9.84. The van der Waals surface area contributed by atoms with Crippen LogP contribution in [0, 0.1) is 3.57 Å². The van der Waals surface area contributed by atoms with Gasteiger partial charge in [-0.05, 0) is 68.0 Å². The number of methoxy groups -OCH3 is 1. The van der Waals surface area contributed by atoms with Gasteiger partial charge in [-0.3, -0.25) is 9.36 Å². The molecule has 0 saturated carbocycles. The van der Waals surface area contributed by atoms with Crippen LogP contribution >= 0.6 is 22.6 Å². The third-order valence-electron chi connectivity index (χ3n) is 4.71. The zero-order valence-corrected chi connectivity index (χ0v) is 19.2. The van der Waals surface area contributed by atoms with Crippen molar-refractivity contribution in [3.8, 4) is 0 Å². The van der Waals surface area contributed by atoms with Crippen molar-refractivity contribution < 1.29 is 4.74 Å². The van der Waals surface area contributed by atoms with E-state index in [9.17, 15) is 4.79 Å². The molecule has 0 unspecified atom stereocenters. The number of benzene rings is 1. The fraction of sp³-hybridized carbons (Fsp3) is 0.600. The van der Waals surface area contributed by atoms with Crippen LogP contribution in [0.4, 0.5) is 5.95 Å². The van der Waals surface area contributed by atoms with Gasteiger partial charge < -0.3 is 15.0 Å². The van der Waals surface area contributed by atoms with Crippen molar-refractivity contribution in [2.75, 3.05) is 38.7 Å². The van der Waals surface area contributed by atoms with Crippen LogP contribution in [0.1, 0.15) is 33.6 Å². The van der Waals surface area contributed by atoms with Crippen LogP contribution in [-0.2, 0) is 11.8 Å². The lowest BCUT2D eigenvalue weighted by Gasteiger charge is -2.31. The number of hydrogen-bond acceptors (Lipinski definition) is 5. The Morgan fingerprint density at radius 1 is 1.30 bits per heavy atom. The lowest BCUT2D eigenvalue weighted by Crippen LogP contribution is -2.39. The Morgan fingerprint density at radius 2 is 2.04 bits per heavy atom. The molecule has 0 atom stereocenters. The highest BCUT2D eigenvalue weighted by Gasteiger charge is 2.22. The molecule has 0 spiro atoms. The van der Waals surface area contributed by atoms with Crippen molar-refractivity contribution in [3.63, 3.8) is 0 Å². The van der Waals surface area contributed by atoms with Gasteiger partial charge >= 0.3 is 0 Å². The van der Waals surface area contributed by atoms with E-state index < -0.39 is 0 Å². The van der Waals surface area contributed by atoms with Crippen LogP contribution in [0.5, 0.6) is 0 Å². The molecule has 2 rings (SSSR count). The van der Waals surface area contributed by atoms with E-state index in [1.807, 2.05) is 18.2 Å². The highest BCUT2D eigenvalue weighted by Crippen LogP contribution is 2.21. The van der Waals surface area contributed by atoms with E-state index in [1.165, 1.54) is 0 Å². The molecule has 0 radical (unpaired) electrons. The maximum atomic E-state index is 12.7. The van der Waals surface area contributed by atoms with Gasteiger partial charge in [0, 0.05) is 36.4 Å². The molecule has 2 aromatic rings. The average Bonchev–Trinajstić information content (AvgIpc) is 2.62. The summed E-state index contributed by atoms with van der Waals surface area (Å²) in [7, 11) is 3.51. The number of fused-ring (bicyclic) bond motifs is 1. The monoisotopic (exact) mass is 486 g/mol. The van der Waals surface area contributed by atoms with Gasteiger partial charge in [0.15, 0.2) is 0 Å². The first-order valence-corrected chi connectivity index (χ1v) is 10.5. The molecule has 0 saturated heterocycles. The second-order valence-corrected chi connectivity index (χ2v) is 8.69. The summed E-state index contributed by atoms with van der Waals surface area (Å²) in [5.74, 6) is 0.612. The summed E-state index contributed by atoms with van der Waals surface area (Å²) in [6, 6.07) is 5.70. The molecule has 0 aliphatic carbocycles. The molecule has 0 amide bonds. The zero-order valence-electron chi connectivity index (χ0n) is 17.0. The number of para-hydroxylation sites is 1. The van der Waals surface area contributed by atoms with Crippen molar-refractivity contribution in [2.45, 2.75) is 39.2 Å². The summed E-state index contributed by atoms with van der Waals surface area (Å²) in [5, 5.41) is 4.15. The average molecular weight is 486 g/mol. The Labute approximate surface area is 175 Å². The predicted octanol–water partition coefficient (Wildman–Crippen LogP) is 3.48. The number of aromatic nitrogens is 2. The SMILES string of the molecule is CCCN(CCOC)CCC(C)(C)Nc1nc2c(I)cccc2c(=O)n1C. The summed E-state index contributed by atoms with van der Waals surface area (Å²) >= 11 is 2.23. The maximum absolute atomic E-state index is 12.7. The largest absolute Gasteiger partial charge is 0.383 e. The van der Waals surface area contributed by atoms with Crippen LogP contribution in [0.15, 0.2) is 23.0 Å². The van der Waals surface area contributed by atoms with Gasteiger partial charge in [-0.15, -0.1) is 0 Å². The van der Waals surface area contributed by atoms with Crippen molar-refractivity contribution in [3.05, 3.63) is 32.1 Å². The molecule has 1 heterocycles. The van der Waals surface area contributed by atoms with Crippen LogP contribution in [0.25, 0.3) is 10.9 Å². The molecular weight excluding hydrogens is 455 g/mol. The molecule has 0 aliphatic heterocycles. The van der Waals surface area contributed by atoms with E-state index in [1.54, 1.807) is 18.7 Å². The topological polar surface area (TPSA) is 59.4 Å². The Morgan fingerprint density at radius 3 is 2.70 bits per heavy atom. The van der Waals surface area contributed by atoms with Gasteiger partial charge in [-0.1, -0.05) is 13.0 Å². The van der Waals surface area contributed by atoms with Gasteiger partial charge in [0.05, 0.1) is 17.5 Å². The van der Waals surface area contributed by atoms with Crippen LogP contribution < -0.4 is 10.9 Å². The third-order valence-corrected chi connectivity index (χ3v) is 5.58. The number of rotatable bonds is 10. The lowest BCUT2D eigenvalue weighted by atomic mass is 10.0. The van der Waals surface area contributed by atoms with E-state index in [0.29, 0.717) is 11.3 Å². The molecule has 27 heavy (non-hydrogen) atoms. The summed E-state index contributed by atoms with van der Waals surface area (Å²) in [6.07, 6.45) is 2.06. The molecular formula is C20H31IN4O2. The molecule has 150 valence electrons. The van der Waals surface area contributed by atoms with Crippen LogP contribution in [0.3, 0.4) is 0 Å². The van der Waals surface area contributed by atoms with Crippen molar-refractivity contribution >= 4 is 39.4 Å². The molecule has 7 heteroatoms. The minimum absolute atomic E-state index is 0.0236. The minimum atomic E-state index is -0.190. The highest BCUT2D eigenvalue weighted by molar-refractivity contribution is 14.1. The normalized spacial score (nSPS) is 12.1. The first-order valence-electron chi connectivity index (χ1n) is 9.44. The first kappa shape index (κ1) is 22.1. The van der Waals surface area contributed by atoms with E-state index in [-0.39, 0.29) is 11.1 Å². The summed E-state index contributed by atoms with van der Waals surface area (Å²) in [6.45, 7) is 10.2. The molecule has 1 aromatic heterocycles. The molecule has 6 nitrogen and oxygen atoms in total. The lowest BCUT2D eigenvalue weighted by molar-refractivity contribution is 0.143. The van der Waals surface area contributed by atoms with E-state index >= 15 is 0 Å². The van der Waals surface area contributed by atoms with E-state index in [2.05, 4.69) is 53.6 Å². The van der Waals surface area contributed by atoms with Crippen molar-refractivity contribution in [1.29, 1.82) is 0 Å². The number of nitrogens with zero attached hydrogens (tertiary/aromatic N) is 3. The standard InChI is InChI=1S/C20H31IN4O2/c1-6-11-25(13-14-27-5)12-10-20(2,3)23-19-22-17-15(18(26)24(19)4)8-7-9-16(17)21/h7-9H,6,10-14H2,1-5H3,(H,22,23). The fourth-order valence-corrected chi connectivity index (χ4v) is 3.66. The summed E-state index contributed by atoms with van der Waals surface area (Å²) in [4.78, 5) is 19.9. The molecule has 1 N–H and O–H groups in total. The Hall–Kier alpha value is -1.19. The van der Waals surface area contributed by atoms with Gasteiger partial charge in [0.25, 0.3) is 5.56 Å². The molecule has 0 bridgehead atoms. The van der Waals surface area contributed by atoms with E-state index in [0.717, 1.165) is 48.2 Å². The highest BCUT2D eigenvalue weighted by atomic mass is 127.